The van der Waals surface area contributed by atoms with Gasteiger partial charge in [0.2, 0.25) is 11.6 Å². The lowest BCUT2D eigenvalue weighted by molar-refractivity contribution is 0.483. The summed E-state index contributed by atoms with van der Waals surface area (Å²) in [7, 11) is 0. The van der Waals surface area contributed by atoms with Crippen LogP contribution < -0.4 is 8.69 Å². The smallest absolute Gasteiger partial charge is 0.336 e. The first-order valence-electron chi connectivity index (χ1n) is 4.25. The fourth-order valence-corrected chi connectivity index (χ4v) is 1.84. The molecule has 16 heavy (non-hydrogen) atoms. The van der Waals surface area contributed by atoms with Gasteiger partial charge in [-0.25, -0.2) is 9.18 Å². The standard InChI is InChI=1S/C10H5F2IO3/c1-4-2-7(14)15-9-5(4)3-6(11)10(16-13)8(9)12/h2-3H,1H3. The van der Waals surface area contributed by atoms with Gasteiger partial charge in [0, 0.05) is 11.5 Å². The quantitative estimate of drug-likeness (QED) is 0.593. The van der Waals surface area contributed by atoms with Crippen molar-refractivity contribution in [1.82, 2.24) is 0 Å². The van der Waals surface area contributed by atoms with Gasteiger partial charge >= 0.3 is 5.63 Å². The fourth-order valence-electron chi connectivity index (χ4n) is 1.43. The molecule has 0 bridgehead atoms. The number of aryl methyl sites for hydroxylation is 1. The Bertz CT molecular complexity index is 621. The van der Waals surface area contributed by atoms with Gasteiger partial charge in [-0.3, -0.25) is 0 Å². The molecule has 0 saturated carbocycles. The van der Waals surface area contributed by atoms with E-state index < -0.39 is 23.0 Å². The topological polar surface area (TPSA) is 39.4 Å². The summed E-state index contributed by atoms with van der Waals surface area (Å²) in [6.07, 6.45) is 0. The van der Waals surface area contributed by atoms with Gasteiger partial charge in [-0.2, -0.15) is 4.39 Å². The van der Waals surface area contributed by atoms with Crippen molar-refractivity contribution in [3.05, 3.63) is 39.8 Å². The first-order valence-corrected chi connectivity index (χ1v) is 5.13. The summed E-state index contributed by atoms with van der Waals surface area (Å²) in [6, 6.07) is 2.25. The molecule has 1 heterocycles. The summed E-state index contributed by atoms with van der Waals surface area (Å²) in [5.74, 6) is -2.41. The van der Waals surface area contributed by atoms with Gasteiger partial charge in [0.15, 0.2) is 34.4 Å². The summed E-state index contributed by atoms with van der Waals surface area (Å²) in [4.78, 5) is 11.1. The minimum atomic E-state index is -1.01. The van der Waals surface area contributed by atoms with Crippen molar-refractivity contribution < 1.29 is 16.3 Å². The molecular weight excluding hydrogens is 333 g/mol. The van der Waals surface area contributed by atoms with E-state index in [0.717, 1.165) is 6.07 Å². The van der Waals surface area contributed by atoms with Crippen LogP contribution in [0.5, 0.6) is 5.75 Å². The Hall–Kier alpha value is -1.18. The molecule has 3 nitrogen and oxygen atoms in total. The second-order valence-electron chi connectivity index (χ2n) is 3.20. The summed E-state index contributed by atoms with van der Waals surface area (Å²) in [5, 5.41) is 0.215. The maximum atomic E-state index is 13.7. The number of rotatable bonds is 1. The van der Waals surface area contributed by atoms with E-state index in [0.29, 0.717) is 5.56 Å². The minimum absolute atomic E-state index is 0.215. The molecule has 0 amide bonds. The fraction of sp³-hybridized carbons (Fsp3) is 0.100. The molecule has 0 spiro atoms. The Morgan fingerprint density at radius 3 is 2.69 bits per heavy atom. The van der Waals surface area contributed by atoms with Gasteiger partial charge in [0.25, 0.3) is 0 Å². The van der Waals surface area contributed by atoms with Gasteiger partial charge in [-0.1, -0.05) is 0 Å². The summed E-state index contributed by atoms with van der Waals surface area (Å²) >= 11 is 1.35. The molecule has 0 fully saturated rings. The molecule has 0 aliphatic rings. The molecule has 6 heteroatoms. The molecule has 0 radical (unpaired) electrons. The zero-order valence-electron chi connectivity index (χ0n) is 8.01. The predicted molar refractivity (Wildman–Crippen MR) is 61.8 cm³/mol. The van der Waals surface area contributed by atoms with Crippen LogP contribution in [0.3, 0.4) is 0 Å². The Morgan fingerprint density at radius 1 is 1.38 bits per heavy atom. The van der Waals surface area contributed by atoms with Crippen LogP contribution in [-0.2, 0) is 0 Å². The largest absolute Gasteiger partial charge is 0.421 e. The Kier molecular flexibility index (Phi) is 2.83. The molecular formula is C10H5F2IO3. The first-order chi connectivity index (χ1) is 7.54. The molecule has 84 valence electrons. The lowest BCUT2D eigenvalue weighted by Gasteiger charge is -2.05. The van der Waals surface area contributed by atoms with E-state index in [1.54, 1.807) is 6.92 Å². The van der Waals surface area contributed by atoms with Crippen molar-refractivity contribution in [1.29, 1.82) is 0 Å². The Labute approximate surface area is 103 Å². The van der Waals surface area contributed by atoms with E-state index in [1.807, 2.05) is 0 Å². The number of benzene rings is 1. The van der Waals surface area contributed by atoms with E-state index in [2.05, 4.69) is 3.07 Å². The van der Waals surface area contributed by atoms with Gasteiger partial charge < -0.3 is 7.48 Å². The molecule has 0 N–H and O–H groups in total. The van der Waals surface area contributed by atoms with E-state index in [1.165, 1.54) is 29.1 Å². The zero-order chi connectivity index (χ0) is 11.9. The van der Waals surface area contributed by atoms with Crippen LogP contribution in [0, 0.1) is 18.6 Å². The number of hydrogen-bond donors (Lipinski definition) is 0. The summed E-state index contributed by atoms with van der Waals surface area (Å²) in [5.41, 5.74) is -0.531. The number of hydrogen-bond acceptors (Lipinski definition) is 3. The van der Waals surface area contributed by atoms with Crippen LogP contribution in [-0.4, -0.2) is 0 Å². The molecule has 0 saturated heterocycles. The first kappa shape index (κ1) is 11.3. The second-order valence-corrected chi connectivity index (χ2v) is 3.64. The highest BCUT2D eigenvalue weighted by Crippen LogP contribution is 2.31. The minimum Gasteiger partial charge on any atom is -0.421 e. The van der Waals surface area contributed by atoms with E-state index in [-0.39, 0.29) is 11.0 Å². The second kappa shape index (κ2) is 4.00. The van der Waals surface area contributed by atoms with Crippen LogP contribution in [0.25, 0.3) is 11.0 Å². The average Bonchev–Trinajstić information content (AvgIpc) is 2.21. The van der Waals surface area contributed by atoms with Gasteiger partial charge in [-0.15, -0.1) is 0 Å². The van der Waals surface area contributed by atoms with E-state index in [4.69, 9.17) is 4.42 Å². The van der Waals surface area contributed by atoms with Crippen LogP contribution >= 0.6 is 23.0 Å². The molecule has 0 atom stereocenters. The molecule has 2 rings (SSSR count). The molecule has 1 aromatic carbocycles. The summed E-state index contributed by atoms with van der Waals surface area (Å²) < 4.78 is 36.3. The number of fused-ring (bicyclic) bond motifs is 1. The van der Waals surface area contributed by atoms with Crippen molar-refractivity contribution in [3.63, 3.8) is 0 Å². The van der Waals surface area contributed by atoms with Crippen LogP contribution in [0.2, 0.25) is 0 Å². The Morgan fingerprint density at radius 2 is 2.06 bits per heavy atom. The van der Waals surface area contributed by atoms with Crippen molar-refractivity contribution in [2.24, 2.45) is 0 Å². The highest BCUT2D eigenvalue weighted by molar-refractivity contribution is 14.1. The van der Waals surface area contributed by atoms with Crippen LogP contribution in [0.1, 0.15) is 5.56 Å². The maximum absolute atomic E-state index is 13.7. The monoisotopic (exact) mass is 338 g/mol. The highest BCUT2D eigenvalue weighted by atomic mass is 127. The van der Waals surface area contributed by atoms with Gasteiger partial charge in [0.1, 0.15) is 0 Å². The van der Waals surface area contributed by atoms with Crippen molar-refractivity contribution in [3.8, 4) is 5.75 Å². The highest BCUT2D eigenvalue weighted by Gasteiger charge is 2.18. The molecule has 2 aromatic rings. The van der Waals surface area contributed by atoms with Crippen LogP contribution in [0.4, 0.5) is 8.78 Å². The number of halogens is 3. The van der Waals surface area contributed by atoms with Crippen molar-refractivity contribution >= 4 is 34.0 Å². The normalized spacial score (nSPS) is 10.8. The zero-order valence-corrected chi connectivity index (χ0v) is 10.2. The third kappa shape index (κ3) is 1.66. The average molecular weight is 338 g/mol. The van der Waals surface area contributed by atoms with E-state index in [9.17, 15) is 13.6 Å². The Balaban J connectivity index is 2.99. The third-order valence-electron chi connectivity index (χ3n) is 2.17. The lowest BCUT2D eigenvalue weighted by atomic mass is 10.1. The predicted octanol–water partition coefficient (Wildman–Crippen LogP) is 3.11. The molecule has 0 unspecified atom stereocenters. The lowest BCUT2D eigenvalue weighted by Crippen LogP contribution is -2.01. The molecule has 0 aliphatic carbocycles. The van der Waals surface area contributed by atoms with Crippen molar-refractivity contribution in [2.75, 3.05) is 0 Å². The van der Waals surface area contributed by atoms with Gasteiger partial charge in [-0.05, 0) is 18.6 Å². The van der Waals surface area contributed by atoms with Crippen molar-refractivity contribution in [2.45, 2.75) is 6.92 Å². The summed E-state index contributed by atoms with van der Waals surface area (Å²) in [6.45, 7) is 1.57. The van der Waals surface area contributed by atoms with E-state index >= 15 is 0 Å². The van der Waals surface area contributed by atoms with Gasteiger partial charge in [0.05, 0.1) is 0 Å². The van der Waals surface area contributed by atoms with Crippen LogP contribution in [0.15, 0.2) is 21.3 Å². The molecule has 0 aliphatic heterocycles. The third-order valence-corrected chi connectivity index (χ3v) is 2.61. The molecule has 1 aromatic heterocycles. The SMILES string of the molecule is Cc1cc(=O)oc2c(F)c(OI)c(F)cc12. The maximum Gasteiger partial charge on any atom is 0.336 e.